The minimum atomic E-state index is -3.04. The molecule has 2 heterocycles. The number of halogens is 1. The lowest BCUT2D eigenvalue weighted by Crippen LogP contribution is -2.54. The predicted octanol–water partition coefficient (Wildman–Crippen LogP) is 1.85. The van der Waals surface area contributed by atoms with Gasteiger partial charge in [0.25, 0.3) is 0 Å². The number of hydrogen-bond acceptors (Lipinski definition) is 6. The van der Waals surface area contributed by atoms with Crippen LogP contribution in [0.25, 0.3) is 0 Å². The van der Waals surface area contributed by atoms with Crippen LogP contribution in [0.4, 0.5) is 5.69 Å². The molecule has 4 rings (SSSR count). The normalized spacial score (nSPS) is 24.1. The zero-order valence-electron chi connectivity index (χ0n) is 18.9. The Morgan fingerprint density at radius 3 is 2.21 bits per heavy atom. The number of para-hydroxylation sites is 1. The van der Waals surface area contributed by atoms with Gasteiger partial charge in [-0.1, -0.05) is 36.6 Å². The molecule has 1 atom stereocenters. The number of carbonyl (C=O) groups excluding carboxylic acids is 2. The van der Waals surface area contributed by atoms with E-state index in [0.29, 0.717) is 49.9 Å². The quantitative estimate of drug-likeness (QED) is 0.619. The fourth-order valence-corrected chi connectivity index (χ4v) is 7.11. The molecule has 8 nitrogen and oxygen atoms in total. The number of hydrogen-bond donors (Lipinski definition) is 1. The highest BCUT2D eigenvalue weighted by molar-refractivity contribution is 7.91. The summed E-state index contributed by atoms with van der Waals surface area (Å²) < 4.78 is 24.1. The molecule has 0 unspecified atom stereocenters. The molecule has 0 radical (unpaired) electrons. The van der Waals surface area contributed by atoms with E-state index < -0.39 is 9.84 Å². The van der Waals surface area contributed by atoms with E-state index in [4.69, 9.17) is 11.6 Å². The van der Waals surface area contributed by atoms with Crippen molar-refractivity contribution in [3.63, 3.8) is 0 Å². The van der Waals surface area contributed by atoms with Gasteiger partial charge in [-0.05, 0) is 31.4 Å². The Balaban J connectivity index is 1.27. The molecule has 1 aromatic carbocycles. The van der Waals surface area contributed by atoms with Gasteiger partial charge in [0.2, 0.25) is 11.8 Å². The van der Waals surface area contributed by atoms with Gasteiger partial charge in [-0.2, -0.15) is 0 Å². The molecule has 0 bridgehead atoms. The Labute approximate surface area is 201 Å². The second-order valence-electron chi connectivity index (χ2n) is 9.38. The Morgan fingerprint density at radius 1 is 0.970 bits per heavy atom. The number of nitrogens with one attached hydrogen (secondary N) is 1. The van der Waals surface area contributed by atoms with Crippen LogP contribution in [0, 0.1) is 0 Å². The second-order valence-corrected chi connectivity index (χ2v) is 12.0. The average molecular weight is 497 g/mol. The summed E-state index contributed by atoms with van der Waals surface area (Å²) in [7, 11) is -3.04. The summed E-state index contributed by atoms with van der Waals surface area (Å²) in [6.45, 7) is 3.39. The standard InChI is InChI=1S/C23H33ClN4O4S/c24-20-7-3-4-8-21(20)25-22(29)15-26-10-12-27(13-11-26)16-23(30)28(18-5-1-2-6-18)19-9-14-33(31,32)17-19/h3-4,7-8,18-19H,1-2,5-6,9-17H2,(H,25,29)/t19-/m0/s1. The van der Waals surface area contributed by atoms with Crippen LogP contribution in [-0.4, -0.2) is 97.8 Å². The molecule has 0 aromatic heterocycles. The first-order valence-corrected chi connectivity index (χ1v) is 14.0. The third kappa shape index (κ3) is 6.47. The molecule has 1 aliphatic carbocycles. The van der Waals surface area contributed by atoms with E-state index in [1.54, 1.807) is 12.1 Å². The van der Waals surface area contributed by atoms with Crippen LogP contribution in [0.3, 0.4) is 0 Å². The molecule has 1 N–H and O–H groups in total. The summed E-state index contributed by atoms with van der Waals surface area (Å²) in [6.07, 6.45) is 4.69. The van der Waals surface area contributed by atoms with Crippen molar-refractivity contribution in [2.45, 2.75) is 44.2 Å². The number of carbonyl (C=O) groups is 2. The fraction of sp³-hybridized carbons (Fsp3) is 0.652. The van der Waals surface area contributed by atoms with Crippen molar-refractivity contribution in [2.24, 2.45) is 0 Å². The Kier molecular flexibility index (Phi) is 7.94. The third-order valence-electron chi connectivity index (χ3n) is 6.95. The summed E-state index contributed by atoms with van der Waals surface area (Å²) in [5.74, 6) is 0.225. The van der Waals surface area contributed by atoms with Gasteiger partial charge >= 0.3 is 0 Å². The van der Waals surface area contributed by atoms with E-state index >= 15 is 0 Å². The first-order chi connectivity index (χ1) is 15.8. The largest absolute Gasteiger partial charge is 0.335 e. The molecule has 3 fully saturated rings. The van der Waals surface area contributed by atoms with Gasteiger partial charge in [-0.3, -0.25) is 19.4 Å². The van der Waals surface area contributed by atoms with Crippen molar-refractivity contribution in [1.29, 1.82) is 0 Å². The van der Waals surface area contributed by atoms with E-state index in [1.807, 2.05) is 17.0 Å². The van der Waals surface area contributed by atoms with E-state index in [9.17, 15) is 18.0 Å². The van der Waals surface area contributed by atoms with Gasteiger partial charge in [0.05, 0.1) is 35.3 Å². The van der Waals surface area contributed by atoms with Gasteiger partial charge < -0.3 is 10.2 Å². The number of sulfone groups is 1. The van der Waals surface area contributed by atoms with Crippen molar-refractivity contribution in [3.05, 3.63) is 29.3 Å². The van der Waals surface area contributed by atoms with Gasteiger partial charge in [-0.25, -0.2) is 8.42 Å². The van der Waals surface area contributed by atoms with Crippen molar-refractivity contribution < 1.29 is 18.0 Å². The Morgan fingerprint density at radius 2 is 1.61 bits per heavy atom. The summed E-state index contributed by atoms with van der Waals surface area (Å²) >= 11 is 6.11. The van der Waals surface area contributed by atoms with Crippen LogP contribution >= 0.6 is 11.6 Å². The van der Waals surface area contributed by atoms with Crippen molar-refractivity contribution in [1.82, 2.24) is 14.7 Å². The van der Waals surface area contributed by atoms with Crippen LogP contribution in [0.15, 0.2) is 24.3 Å². The molecule has 182 valence electrons. The topological polar surface area (TPSA) is 90.0 Å². The molecular formula is C23H33ClN4O4S. The lowest BCUT2D eigenvalue weighted by atomic mass is 10.1. The number of piperazine rings is 1. The van der Waals surface area contributed by atoms with Crippen LogP contribution in [0.5, 0.6) is 0 Å². The first-order valence-electron chi connectivity index (χ1n) is 11.8. The maximum Gasteiger partial charge on any atom is 0.238 e. The number of nitrogens with zero attached hydrogens (tertiary/aromatic N) is 3. The van der Waals surface area contributed by atoms with Crippen LogP contribution < -0.4 is 5.32 Å². The first kappa shape index (κ1) is 24.4. The minimum Gasteiger partial charge on any atom is -0.335 e. The van der Waals surface area contributed by atoms with Gasteiger partial charge in [0, 0.05) is 38.3 Å². The predicted molar refractivity (Wildman–Crippen MR) is 129 cm³/mol. The Bertz CT molecular complexity index is 959. The molecule has 0 spiro atoms. The summed E-state index contributed by atoms with van der Waals surface area (Å²) in [5.41, 5.74) is 0.606. The SMILES string of the molecule is O=C(CN1CCN(CC(=O)N(C2CCCC2)[C@H]2CCS(=O)(=O)C2)CC1)Nc1ccccc1Cl. The molecular weight excluding hydrogens is 464 g/mol. The molecule has 2 saturated heterocycles. The van der Waals surface area contributed by atoms with Gasteiger partial charge in [-0.15, -0.1) is 0 Å². The molecule has 1 aromatic rings. The van der Waals surface area contributed by atoms with Gasteiger partial charge in [0.1, 0.15) is 0 Å². The highest BCUT2D eigenvalue weighted by Gasteiger charge is 2.39. The minimum absolute atomic E-state index is 0.0499. The highest BCUT2D eigenvalue weighted by atomic mass is 35.5. The van der Waals surface area contributed by atoms with E-state index in [1.165, 1.54) is 0 Å². The highest BCUT2D eigenvalue weighted by Crippen LogP contribution is 2.29. The third-order valence-corrected chi connectivity index (χ3v) is 9.03. The molecule has 3 aliphatic rings. The number of rotatable bonds is 7. The smallest absolute Gasteiger partial charge is 0.238 e. The molecule has 33 heavy (non-hydrogen) atoms. The molecule has 1 saturated carbocycles. The molecule has 10 heteroatoms. The van der Waals surface area contributed by atoms with E-state index in [-0.39, 0.29) is 41.9 Å². The lowest BCUT2D eigenvalue weighted by Gasteiger charge is -2.38. The van der Waals surface area contributed by atoms with Crippen LogP contribution in [0.2, 0.25) is 5.02 Å². The van der Waals surface area contributed by atoms with E-state index in [0.717, 1.165) is 25.7 Å². The number of amides is 2. The fourth-order valence-electron chi connectivity index (χ4n) is 5.22. The zero-order chi connectivity index (χ0) is 23.4. The van der Waals surface area contributed by atoms with Crippen LogP contribution in [0.1, 0.15) is 32.1 Å². The maximum absolute atomic E-state index is 13.3. The lowest BCUT2D eigenvalue weighted by molar-refractivity contribution is -0.137. The molecule has 2 aliphatic heterocycles. The summed E-state index contributed by atoms with van der Waals surface area (Å²) in [4.78, 5) is 31.8. The van der Waals surface area contributed by atoms with Gasteiger partial charge in [0.15, 0.2) is 9.84 Å². The summed E-state index contributed by atoms with van der Waals surface area (Å²) in [5, 5.41) is 3.36. The van der Waals surface area contributed by atoms with Crippen molar-refractivity contribution in [2.75, 3.05) is 56.1 Å². The van der Waals surface area contributed by atoms with Crippen LogP contribution in [-0.2, 0) is 19.4 Å². The number of benzene rings is 1. The van der Waals surface area contributed by atoms with Crippen molar-refractivity contribution >= 4 is 38.9 Å². The Hall–Kier alpha value is -1.68. The monoisotopic (exact) mass is 496 g/mol. The number of anilines is 1. The maximum atomic E-state index is 13.3. The summed E-state index contributed by atoms with van der Waals surface area (Å²) in [6, 6.07) is 7.15. The average Bonchev–Trinajstić information content (AvgIpc) is 3.41. The van der Waals surface area contributed by atoms with Crippen molar-refractivity contribution in [3.8, 4) is 0 Å². The van der Waals surface area contributed by atoms with E-state index in [2.05, 4.69) is 15.1 Å². The molecule has 2 amide bonds. The second kappa shape index (κ2) is 10.7. The zero-order valence-corrected chi connectivity index (χ0v) is 20.5.